The molecule has 1 aromatic rings. The van der Waals surface area contributed by atoms with E-state index in [1.165, 1.54) is 6.07 Å². The lowest BCUT2D eigenvalue weighted by Crippen LogP contribution is -2.39. The minimum atomic E-state index is -0.213. The highest BCUT2D eigenvalue weighted by Gasteiger charge is 2.26. The average molecular weight is 286 g/mol. The maximum Gasteiger partial charge on any atom is 0.127 e. The van der Waals surface area contributed by atoms with E-state index in [2.05, 4.69) is 12.2 Å². The van der Waals surface area contributed by atoms with Crippen LogP contribution in [0.3, 0.4) is 0 Å². The van der Waals surface area contributed by atoms with E-state index in [1.807, 2.05) is 0 Å². The van der Waals surface area contributed by atoms with Gasteiger partial charge < -0.3 is 10.1 Å². The van der Waals surface area contributed by atoms with E-state index in [0.29, 0.717) is 17.4 Å². The highest BCUT2D eigenvalue weighted by molar-refractivity contribution is 6.30. The third-order valence-corrected chi connectivity index (χ3v) is 3.88. The summed E-state index contributed by atoms with van der Waals surface area (Å²) < 4.78 is 19.3. The fourth-order valence-corrected chi connectivity index (χ4v) is 2.69. The molecule has 1 aromatic carbocycles. The van der Waals surface area contributed by atoms with Crippen LogP contribution in [0.1, 0.15) is 25.3 Å². The van der Waals surface area contributed by atoms with Gasteiger partial charge in [-0.3, -0.25) is 0 Å². The smallest absolute Gasteiger partial charge is 0.127 e. The summed E-state index contributed by atoms with van der Waals surface area (Å²) in [4.78, 5) is 0. The van der Waals surface area contributed by atoms with E-state index in [-0.39, 0.29) is 11.9 Å². The Balaban J connectivity index is 2.05. The monoisotopic (exact) mass is 285 g/mol. The lowest BCUT2D eigenvalue weighted by Gasteiger charge is -2.24. The Morgan fingerprint density at radius 2 is 2.37 bits per heavy atom. The molecule has 1 aliphatic rings. The van der Waals surface area contributed by atoms with Gasteiger partial charge in [-0.05, 0) is 43.5 Å². The van der Waals surface area contributed by atoms with Crippen molar-refractivity contribution in [3.05, 3.63) is 34.6 Å². The minimum Gasteiger partial charge on any atom is -0.381 e. The summed E-state index contributed by atoms with van der Waals surface area (Å²) in [5, 5.41) is 3.97. The second-order valence-electron chi connectivity index (χ2n) is 5.12. The maximum absolute atomic E-state index is 13.9. The van der Waals surface area contributed by atoms with Crippen LogP contribution in [0.4, 0.5) is 4.39 Å². The number of hydrogen-bond donors (Lipinski definition) is 1. The van der Waals surface area contributed by atoms with Crippen molar-refractivity contribution in [3.8, 4) is 0 Å². The van der Waals surface area contributed by atoms with Crippen LogP contribution in [-0.2, 0) is 11.2 Å². The van der Waals surface area contributed by atoms with Crippen LogP contribution in [0.2, 0.25) is 5.02 Å². The van der Waals surface area contributed by atoms with Gasteiger partial charge in [-0.2, -0.15) is 0 Å². The first-order chi connectivity index (χ1) is 9.20. The molecule has 0 bridgehead atoms. The zero-order valence-corrected chi connectivity index (χ0v) is 12.0. The Kier molecular flexibility index (Phi) is 5.61. The average Bonchev–Trinajstić information content (AvgIpc) is 2.90. The first-order valence-corrected chi connectivity index (χ1v) is 7.33. The Bertz CT molecular complexity index is 407. The first-order valence-electron chi connectivity index (χ1n) is 6.95. The van der Waals surface area contributed by atoms with Gasteiger partial charge in [0.1, 0.15) is 5.82 Å². The lowest BCUT2D eigenvalue weighted by atomic mass is 9.92. The van der Waals surface area contributed by atoms with E-state index in [9.17, 15) is 4.39 Å². The van der Waals surface area contributed by atoms with Gasteiger partial charge in [0.05, 0.1) is 6.61 Å². The third-order valence-electron chi connectivity index (χ3n) is 3.65. The molecule has 2 atom stereocenters. The number of nitrogens with one attached hydrogen (secondary N) is 1. The van der Waals surface area contributed by atoms with Crippen molar-refractivity contribution >= 4 is 11.6 Å². The highest BCUT2D eigenvalue weighted by atomic mass is 35.5. The topological polar surface area (TPSA) is 21.3 Å². The highest BCUT2D eigenvalue weighted by Crippen LogP contribution is 2.22. The molecule has 0 saturated carbocycles. The van der Waals surface area contributed by atoms with Gasteiger partial charge in [-0.15, -0.1) is 0 Å². The van der Waals surface area contributed by atoms with Gasteiger partial charge in [-0.1, -0.05) is 24.6 Å². The van der Waals surface area contributed by atoms with Crippen molar-refractivity contribution in [1.82, 2.24) is 5.32 Å². The second-order valence-corrected chi connectivity index (χ2v) is 5.56. The molecule has 0 aliphatic carbocycles. The Morgan fingerprint density at radius 1 is 1.53 bits per heavy atom. The van der Waals surface area contributed by atoms with E-state index in [4.69, 9.17) is 16.3 Å². The van der Waals surface area contributed by atoms with Crippen LogP contribution < -0.4 is 5.32 Å². The molecule has 1 fully saturated rings. The number of hydrogen-bond acceptors (Lipinski definition) is 2. The van der Waals surface area contributed by atoms with Gasteiger partial charge in [0, 0.05) is 23.6 Å². The standard InChI is InChI=1S/C15H21ClFNO/c1-2-6-18-15(12-5-7-19-10-12)8-11-3-4-13(16)9-14(11)17/h3-4,9,12,15,18H,2,5-8,10H2,1H3. The lowest BCUT2D eigenvalue weighted by molar-refractivity contribution is 0.176. The number of benzene rings is 1. The Labute approximate surface area is 119 Å². The summed E-state index contributed by atoms with van der Waals surface area (Å²) in [6, 6.07) is 5.20. The van der Waals surface area contributed by atoms with Crippen molar-refractivity contribution in [2.45, 2.75) is 32.2 Å². The number of halogens is 2. The largest absolute Gasteiger partial charge is 0.381 e. The molecule has 1 heterocycles. The van der Waals surface area contributed by atoms with Gasteiger partial charge in [0.15, 0.2) is 0 Å². The van der Waals surface area contributed by atoms with Gasteiger partial charge in [0.25, 0.3) is 0 Å². The third kappa shape index (κ3) is 4.16. The zero-order valence-electron chi connectivity index (χ0n) is 11.3. The molecule has 2 unspecified atom stereocenters. The summed E-state index contributed by atoms with van der Waals surface area (Å²) in [6.07, 6.45) is 2.82. The van der Waals surface area contributed by atoms with E-state index >= 15 is 0 Å². The SMILES string of the molecule is CCCNC(Cc1ccc(Cl)cc1F)C1CCOC1. The molecule has 1 aliphatic heterocycles. The molecule has 0 amide bonds. The molecule has 0 aromatic heterocycles. The van der Waals surface area contributed by atoms with Crippen molar-refractivity contribution in [1.29, 1.82) is 0 Å². The van der Waals surface area contributed by atoms with Gasteiger partial charge in [0.2, 0.25) is 0 Å². The number of ether oxygens (including phenoxy) is 1. The number of rotatable bonds is 6. The van der Waals surface area contributed by atoms with E-state index < -0.39 is 0 Å². The van der Waals surface area contributed by atoms with Gasteiger partial charge >= 0.3 is 0 Å². The molecule has 1 saturated heterocycles. The summed E-state index contributed by atoms with van der Waals surface area (Å²) in [7, 11) is 0. The molecule has 2 nitrogen and oxygen atoms in total. The molecule has 0 radical (unpaired) electrons. The van der Waals surface area contributed by atoms with Crippen molar-refractivity contribution in [3.63, 3.8) is 0 Å². The fourth-order valence-electron chi connectivity index (χ4n) is 2.53. The van der Waals surface area contributed by atoms with Crippen LogP contribution in [0.25, 0.3) is 0 Å². The zero-order chi connectivity index (χ0) is 13.7. The van der Waals surface area contributed by atoms with Gasteiger partial charge in [-0.25, -0.2) is 4.39 Å². The van der Waals surface area contributed by atoms with E-state index in [0.717, 1.165) is 38.2 Å². The van der Waals surface area contributed by atoms with Crippen LogP contribution in [0.15, 0.2) is 18.2 Å². The van der Waals surface area contributed by atoms with Crippen LogP contribution in [0, 0.1) is 11.7 Å². The predicted molar refractivity (Wildman–Crippen MR) is 76.1 cm³/mol. The molecule has 4 heteroatoms. The predicted octanol–water partition coefficient (Wildman–Crippen LogP) is 3.43. The first kappa shape index (κ1) is 14.8. The molecule has 19 heavy (non-hydrogen) atoms. The summed E-state index contributed by atoms with van der Waals surface area (Å²) in [5.74, 6) is 0.261. The van der Waals surface area contributed by atoms with Crippen molar-refractivity contribution in [2.75, 3.05) is 19.8 Å². The molecule has 1 N–H and O–H groups in total. The quantitative estimate of drug-likeness (QED) is 0.865. The molecule has 0 spiro atoms. The normalized spacial score (nSPS) is 20.7. The summed E-state index contributed by atoms with van der Waals surface area (Å²) in [6.45, 7) is 4.68. The van der Waals surface area contributed by atoms with Crippen LogP contribution in [-0.4, -0.2) is 25.8 Å². The molecule has 2 rings (SSSR count). The summed E-state index contributed by atoms with van der Waals surface area (Å²) >= 11 is 5.79. The second kappa shape index (κ2) is 7.22. The van der Waals surface area contributed by atoms with Crippen molar-refractivity contribution < 1.29 is 9.13 Å². The van der Waals surface area contributed by atoms with Crippen LogP contribution in [0.5, 0.6) is 0 Å². The Hall–Kier alpha value is -0.640. The molecular formula is C15H21ClFNO. The molecular weight excluding hydrogens is 265 g/mol. The Morgan fingerprint density at radius 3 is 3.00 bits per heavy atom. The minimum absolute atomic E-state index is 0.213. The van der Waals surface area contributed by atoms with Crippen LogP contribution >= 0.6 is 11.6 Å². The van der Waals surface area contributed by atoms with E-state index in [1.54, 1.807) is 12.1 Å². The van der Waals surface area contributed by atoms with Crippen molar-refractivity contribution in [2.24, 2.45) is 5.92 Å². The molecule has 106 valence electrons. The maximum atomic E-state index is 13.9. The summed E-state index contributed by atoms with van der Waals surface area (Å²) in [5.41, 5.74) is 0.727. The fraction of sp³-hybridized carbons (Fsp3) is 0.600.